The molecule has 0 radical (unpaired) electrons. The van der Waals surface area contributed by atoms with Crippen LogP contribution in [0.2, 0.25) is 0 Å². The molecule has 1 atom stereocenters. The van der Waals surface area contributed by atoms with Crippen LogP contribution in [0.3, 0.4) is 0 Å². The molecular formula is C11H20N2OS. The summed E-state index contributed by atoms with van der Waals surface area (Å²) >= 11 is 1.96. The molecule has 0 aliphatic carbocycles. The van der Waals surface area contributed by atoms with Gasteiger partial charge >= 0.3 is 0 Å². The van der Waals surface area contributed by atoms with Crippen LogP contribution >= 0.6 is 11.8 Å². The molecule has 0 aromatic rings. The predicted octanol–water partition coefficient (Wildman–Crippen LogP) is 1.30. The summed E-state index contributed by atoms with van der Waals surface area (Å²) in [6, 6.07) is 0. The highest BCUT2D eigenvalue weighted by atomic mass is 32.2. The first kappa shape index (κ1) is 11.3. The Hall–Kier alpha value is -0.220. The van der Waals surface area contributed by atoms with E-state index in [-0.39, 0.29) is 10.8 Å². The minimum absolute atomic E-state index is 0.0829. The summed E-state index contributed by atoms with van der Waals surface area (Å²) < 4.78 is 0. The van der Waals surface area contributed by atoms with E-state index in [1.54, 1.807) is 0 Å². The maximum Gasteiger partial charge on any atom is 0.226 e. The van der Waals surface area contributed by atoms with Gasteiger partial charge in [-0.05, 0) is 19.4 Å². The number of nitrogens with zero attached hydrogens (tertiary/aromatic N) is 1. The number of carbonyl (C=O) groups excluding carboxylic acids is 1. The molecule has 0 bridgehead atoms. The van der Waals surface area contributed by atoms with E-state index in [1.165, 1.54) is 6.42 Å². The summed E-state index contributed by atoms with van der Waals surface area (Å²) in [7, 11) is 0. The minimum atomic E-state index is 0.0829. The fourth-order valence-electron chi connectivity index (χ4n) is 2.45. The summed E-state index contributed by atoms with van der Waals surface area (Å²) in [6.07, 6.45) is 2.35. The van der Waals surface area contributed by atoms with E-state index in [0.717, 1.165) is 31.8 Å². The van der Waals surface area contributed by atoms with Gasteiger partial charge in [0.1, 0.15) is 4.87 Å². The van der Waals surface area contributed by atoms with Gasteiger partial charge in [0.2, 0.25) is 5.91 Å². The Balaban J connectivity index is 2.13. The van der Waals surface area contributed by atoms with E-state index in [0.29, 0.717) is 5.91 Å². The molecule has 1 N–H and O–H groups in total. The van der Waals surface area contributed by atoms with E-state index in [2.05, 4.69) is 10.2 Å². The minimum Gasteiger partial charge on any atom is -0.326 e. The first-order valence-electron chi connectivity index (χ1n) is 5.82. The number of hydrogen-bond acceptors (Lipinski definition) is 3. The molecule has 2 aliphatic rings. The summed E-state index contributed by atoms with van der Waals surface area (Å²) in [5.74, 6) is 1.55. The zero-order chi connectivity index (χ0) is 10.9. The van der Waals surface area contributed by atoms with Crippen molar-refractivity contribution in [2.45, 2.75) is 31.6 Å². The zero-order valence-electron chi connectivity index (χ0n) is 9.58. The summed E-state index contributed by atoms with van der Waals surface area (Å²) in [5, 5.41) is 3.43. The molecule has 1 unspecified atom stereocenters. The lowest BCUT2D eigenvalue weighted by molar-refractivity contribution is -0.137. The summed E-state index contributed by atoms with van der Waals surface area (Å²) in [5.41, 5.74) is 0. The number of piperidine rings is 1. The van der Waals surface area contributed by atoms with Gasteiger partial charge in [0, 0.05) is 24.8 Å². The average Bonchev–Trinajstić information content (AvgIpc) is 2.61. The number of rotatable bonds is 1. The fourth-order valence-corrected chi connectivity index (χ4v) is 3.93. The van der Waals surface area contributed by atoms with Gasteiger partial charge < -0.3 is 10.2 Å². The van der Waals surface area contributed by atoms with Crippen molar-refractivity contribution in [3.05, 3.63) is 0 Å². The Morgan fingerprint density at radius 3 is 2.93 bits per heavy atom. The van der Waals surface area contributed by atoms with Gasteiger partial charge in [-0.15, -0.1) is 11.8 Å². The van der Waals surface area contributed by atoms with Crippen molar-refractivity contribution in [2.24, 2.45) is 5.92 Å². The van der Waals surface area contributed by atoms with Crippen LogP contribution in [0.4, 0.5) is 0 Å². The largest absolute Gasteiger partial charge is 0.326 e. The van der Waals surface area contributed by atoms with Crippen molar-refractivity contribution >= 4 is 17.7 Å². The van der Waals surface area contributed by atoms with Crippen molar-refractivity contribution in [3.8, 4) is 0 Å². The van der Waals surface area contributed by atoms with E-state index < -0.39 is 0 Å². The number of carbonyl (C=O) groups is 1. The molecule has 2 rings (SSSR count). The van der Waals surface area contributed by atoms with Gasteiger partial charge in [-0.25, -0.2) is 0 Å². The first-order valence-corrected chi connectivity index (χ1v) is 6.80. The first-order chi connectivity index (χ1) is 7.16. The van der Waals surface area contributed by atoms with E-state index in [4.69, 9.17) is 0 Å². The standard InChI is InChI=1S/C11H20N2OS/c1-9(2)10(14)13-6-7-15-11(13)4-3-5-12-8-11/h9,12H,3-8H2,1-2H3. The van der Waals surface area contributed by atoms with E-state index in [1.807, 2.05) is 25.6 Å². The van der Waals surface area contributed by atoms with Crippen LogP contribution in [0.25, 0.3) is 0 Å². The molecule has 1 amide bonds. The Kier molecular flexibility index (Phi) is 3.26. The van der Waals surface area contributed by atoms with Crippen molar-refractivity contribution < 1.29 is 4.79 Å². The topological polar surface area (TPSA) is 32.3 Å². The molecule has 15 heavy (non-hydrogen) atoms. The third-order valence-electron chi connectivity index (χ3n) is 3.26. The van der Waals surface area contributed by atoms with Crippen LogP contribution in [-0.4, -0.2) is 41.1 Å². The van der Waals surface area contributed by atoms with Crippen LogP contribution < -0.4 is 5.32 Å². The van der Waals surface area contributed by atoms with Gasteiger partial charge in [0.05, 0.1) is 0 Å². The van der Waals surface area contributed by atoms with Crippen molar-refractivity contribution in [1.29, 1.82) is 0 Å². The lowest BCUT2D eigenvalue weighted by atomic mass is 10.0. The fraction of sp³-hybridized carbons (Fsp3) is 0.909. The Morgan fingerprint density at radius 2 is 2.33 bits per heavy atom. The third kappa shape index (κ3) is 2.02. The van der Waals surface area contributed by atoms with Gasteiger partial charge in [0.15, 0.2) is 0 Å². The van der Waals surface area contributed by atoms with E-state index >= 15 is 0 Å². The maximum atomic E-state index is 12.1. The molecule has 2 aliphatic heterocycles. The molecule has 0 aromatic carbocycles. The number of thioether (sulfide) groups is 1. The molecular weight excluding hydrogens is 208 g/mol. The van der Waals surface area contributed by atoms with Crippen LogP contribution in [0, 0.1) is 5.92 Å². The number of nitrogens with one attached hydrogen (secondary N) is 1. The molecule has 2 fully saturated rings. The SMILES string of the molecule is CC(C)C(=O)N1CCSC12CCCNC2. The molecule has 3 nitrogen and oxygen atoms in total. The molecule has 4 heteroatoms. The molecule has 0 saturated carbocycles. The number of hydrogen-bond donors (Lipinski definition) is 1. The maximum absolute atomic E-state index is 12.1. The highest BCUT2D eigenvalue weighted by Gasteiger charge is 2.45. The summed E-state index contributed by atoms with van der Waals surface area (Å²) in [6.45, 7) is 7.00. The molecule has 1 spiro atoms. The Bertz CT molecular complexity index is 249. The van der Waals surface area contributed by atoms with Gasteiger partial charge in [-0.3, -0.25) is 4.79 Å². The monoisotopic (exact) mass is 228 g/mol. The second-order valence-electron chi connectivity index (χ2n) is 4.72. The third-order valence-corrected chi connectivity index (χ3v) is 4.75. The lowest BCUT2D eigenvalue weighted by Gasteiger charge is -2.41. The van der Waals surface area contributed by atoms with E-state index in [9.17, 15) is 4.79 Å². The second kappa shape index (κ2) is 4.34. The average molecular weight is 228 g/mol. The van der Waals surface area contributed by atoms with Crippen molar-refractivity contribution in [3.63, 3.8) is 0 Å². The number of amides is 1. The van der Waals surface area contributed by atoms with Gasteiger partial charge in [0.25, 0.3) is 0 Å². The van der Waals surface area contributed by atoms with Gasteiger partial charge in [-0.1, -0.05) is 13.8 Å². The molecule has 2 heterocycles. The van der Waals surface area contributed by atoms with Crippen LogP contribution in [0.5, 0.6) is 0 Å². The normalized spacial score (nSPS) is 31.5. The van der Waals surface area contributed by atoms with Crippen LogP contribution in [-0.2, 0) is 4.79 Å². The highest BCUT2D eigenvalue weighted by molar-refractivity contribution is 8.00. The molecule has 2 saturated heterocycles. The van der Waals surface area contributed by atoms with Gasteiger partial charge in [-0.2, -0.15) is 0 Å². The van der Waals surface area contributed by atoms with Crippen molar-refractivity contribution in [1.82, 2.24) is 10.2 Å². The lowest BCUT2D eigenvalue weighted by Crippen LogP contribution is -2.55. The van der Waals surface area contributed by atoms with Crippen LogP contribution in [0.1, 0.15) is 26.7 Å². The summed E-state index contributed by atoms with van der Waals surface area (Å²) in [4.78, 5) is 14.3. The van der Waals surface area contributed by atoms with Crippen molar-refractivity contribution in [2.75, 3.05) is 25.4 Å². The zero-order valence-corrected chi connectivity index (χ0v) is 10.4. The molecule has 0 aromatic heterocycles. The highest BCUT2D eigenvalue weighted by Crippen LogP contribution is 2.41. The Morgan fingerprint density at radius 1 is 1.53 bits per heavy atom. The smallest absolute Gasteiger partial charge is 0.226 e. The predicted molar refractivity (Wildman–Crippen MR) is 63.8 cm³/mol. The second-order valence-corrected chi connectivity index (χ2v) is 6.18. The van der Waals surface area contributed by atoms with Crippen LogP contribution in [0.15, 0.2) is 0 Å². The molecule has 86 valence electrons. The Labute approximate surface area is 96.0 Å². The quantitative estimate of drug-likeness (QED) is 0.734.